The molecule has 6 aliphatic rings. The van der Waals surface area contributed by atoms with Gasteiger partial charge in [0, 0.05) is 59.5 Å². The summed E-state index contributed by atoms with van der Waals surface area (Å²) in [4.78, 5) is 101. The molecule has 6 atom stereocenters. The number of carbonyl (C=O) groups excluding carboxylic acids is 4. The van der Waals surface area contributed by atoms with Crippen LogP contribution in [0.25, 0.3) is 33.9 Å². The third-order valence-electron chi connectivity index (χ3n) is 23.4. The topological polar surface area (TPSA) is 344 Å². The van der Waals surface area contributed by atoms with E-state index in [4.69, 9.17) is 59.3 Å². The van der Waals surface area contributed by atoms with Crippen LogP contribution < -0.4 is 29.9 Å². The van der Waals surface area contributed by atoms with Crippen LogP contribution in [-0.4, -0.2) is 175 Å². The number of nitrogens with zero attached hydrogens (tertiary/aromatic N) is 12. The third kappa shape index (κ3) is 18.9. The molecule has 2 amide bonds. The maximum Gasteiger partial charge on any atom is 2.00 e. The molecule has 2 aliphatic carbocycles. The fourth-order valence-corrected chi connectivity index (χ4v) is 18.1. The Morgan fingerprint density at radius 3 is 1.23 bits per heavy atom. The normalized spacial score (nSPS) is 22.9. The van der Waals surface area contributed by atoms with Gasteiger partial charge in [-0.15, -0.1) is 10.2 Å². The number of aliphatic carboxylic acids is 2. The maximum atomic E-state index is 14.3. The molecule has 0 radical (unpaired) electrons. The van der Waals surface area contributed by atoms with Crippen LogP contribution in [0.5, 0.6) is 11.5 Å². The SMILES string of the molecule is CCCCN1c2cc(C)c(N=C3C(C#N)=C(C(=O)OC4C(C)CC(C)CC4C)c4nc(-c5ccc(OC)c(NC(=O)CCC(=O)O)c5)nn43)cc2C(C)CC1(C)C.CCCCN1c2cc(C)c(N=C3C(C#N)=C(C(=O)OC4C(C)CC(C)CC4C)c4nc(-c5ccc(OC)c(NC(=O)CCC(=O)O)c5)nn43)cc2C(C)CC1(C)C.[Ca+2].[H-].[H-]. The summed E-state index contributed by atoms with van der Waals surface area (Å²) in [5.41, 5.74) is 9.50. The standard InChI is InChI=1S/2C44H55N7O6.Ca.2H/c2*1-10-11-16-50-34-19-25(3)32(21-30(34)28(6)22-44(50,7)8)47-41-31(23-45)38(43(55)57-39-26(4)17-24(2)18-27(39)5)42-48-40(49-51(41)42)29-12-13-35(56-9)33(20-29)46-36(52)14-15-37(53)54;;;/h2*12-13,19-21,24,26-28,39H,10-11,14-18,22H2,1-9H3,(H,46,52)(H,53,54);;;/q;;+2;2*-1. The van der Waals surface area contributed by atoms with Crippen LogP contribution in [-0.2, 0) is 38.2 Å². The van der Waals surface area contributed by atoms with Crippen LogP contribution in [0.4, 0.5) is 34.1 Å². The summed E-state index contributed by atoms with van der Waals surface area (Å²) in [5, 5.41) is 54.7. The predicted molar refractivity (Wildman–Crippen MR) is 447 cm³/mol. The van der Waals surface area contributed by atoms with Crippen LogP contribution in [0.1, 0.15) is 235 Å². The van der Waals surface area contributed by atoms with Crippen LogP contribution >= 0.6 is 0 Å². The van der Waals surface area contributed by atoms with E-state index in [1.54, 1.807) is 36.4 Å². The molecule has 6 heterocycles. The predicted octanol–water partition coefficient (Wildman–Crippen LogP) is 16.7. The molecule has 2 aromatic heterocycles. The van der Waals surface area contributed by atoms with Crippen molar-refractivity contribution in [1.82, 2.24) is 29.5 Å². The zero-order valence-electron chi connectivity index (χ0n) is 71.9. The molecular formula is C88H112CaN14O12. The van der Waals surface area contributed by atoms with Crippen molar-refractivity contribution in [3.05, 3.63) is 106 Å². The fourth-order valence-electron chi connectivity index (χ4n) is 18.1. The molecule has 4 aromatic carbocycles. The van der Waals surface area contributed by atoms with Crippen molar-refractivity contribution in [2.75, 3.05) is 47.7 Å². The molecule has 0 spiro atoms. The van der Waals surface area contributed by atoms with Gasteiger partial charge < -0.3 is 52.4 Å². The molecule has 608 valence electrons. The summed E-state index contributed by atoms with van der Waals surface area (Å²) >= 11 is 0. The Labute approximate surface area is 707 Å². The first-order chi connectivity index (χ1) is 54.1. The largest absolute Gasteiger partial charge is 2.00 e. The first-order valence-electron chi connectivity index (χ1n) is 40.2. The van der Waals surface area contributed by atoms with E-state index in [-0.39, 0.29) is 182 Å². The zero-order valence-corrected chi connectivity index (χ0v) is 72.1. The van der Waals surface area contributed by atoms with Crippen LogP contribution in [0.2, 0.25) is 0 Å². The number of fused-ring (bicyclic) bond motifs is 4. The van der Waals surface area contributed by atoms with Crippen molar-refractivity contribution in [3.8, 4) is 46.4 Å². The molecule has 6 unspecified atom stereocenters. The minimum atomic E-state index is -1.08. The van der Waals surface area contributed by atoms with E-state index in [1.165, 1.54) is 46.1 Å². The summed E-state index contributed by atoms with van der Waals surface area (Å²) in [6, 6.07) is 23.1. The molecule has 115 heavy (non-hydrogen) atoms. The average molecular weight is 1600 g/mol. The number of benzene rings is 4. The number of aryl methyl sites for hydroxylation is 2. The summed E-state index contributed by atoms with van der Waals surface area (Å²) in [6.07, 6.45) is 8.22. The van der Waals surface area contributed by atoms with E-state index < -0.39 is 35.7 Å². The Kier molecular flexibility index (Phi) is 27.9. The quantitative estimate of drug-likeness (QED) is 0.0323. The van der Waals surface area contributed by atoms with Crippen molar-refractivity contribution >= 4 is 130 Å². The Morgan fingerprint density at radius 2 is 0.913 bits per heavy atom. The molecule has 0 bridgehead atoms. The monoisotopic (exact) mass is 1600 g/mol. The van der Waals surface area contributed by atoms with Gasteiger partial charge in [0.15, 0.2) is 35.0 Å². The second kappa shape index (κ2) is 36.6. The molecule has 26 nitrogen and oxygen atoms in total. The number of carboxylic acid groups (broad SMARTS) is 2. The van der Waals surface area contributed by atoms with Crippen LogP contribution in [0.3, 0.4) is 0 Å². The number of esters is 2. The maximum absolute atomic E-state index is 14.3. The van der Waals surface area contributed by atoms with Gasteiger partial charge in [-0.2, -0.15) is 19.9 Å². The number of nitrogens with one attached hydrogen (secondary N) is 2. The molecule has 2 fully saturated rings. The molecule has 0 saturated heterocycles. The molecule has 4 N–H and O–H groups in total. The molecule has 12 rings (SSSR count). The van der Waals surface area contributed by atoms with E-state index in [1.807, 2.05) is 13.8 Å². The van der Waals surface area contributed by atoms with Crippen molar-refractivity contribution in [3.63, 3.8) is 0 Å². The number of unbranched alkanes of at least 4 members (excludes halogenated alkanes) is 2. The van der Waals surface area contributed by atoms with E-state index in [2.05, 4.69) is 154 Å². The van der Waals surface area contributed by atoms with E-state index in [0.717, 1.165) is 88.4 Å². The van der Waals surface area contributed by atoms with Gasteiger partial charge in [0.25, 0.3) is 0 Å². The number of allylic oxidation sites excluding steroid dienone is 2. The molecular weight excluding hydrogens is 1490 g/mol. The van der Waals surface area contributed by atoms with Crippen molar-refractivity contribution < 1.29 is 60.8 Å². The fraction of sp³-hybridized carbons (Fsp3) is 0.523. The van der Waals surface area contributed by atoms with Gasteiger partial charge >= 0.3 is 61.6 Å². The number of aromatic nitrogens is 6. The van der Waals surface area contributed by atoms with Crippen LogP contribution in [0.15, 0.2) is 81.8 Å². The number of hydrogen-bond acceptors (Lipinski definition) is 20. The number of hydrogen-bond donors (Lipinski definition) is 4. The van der Waals surface area contributed by atoms with Gasteiger partial charge in [-0.1, -0.05) is 82.1 Å². The summed E-state index contributed by atoms with van der Waals surface area (Å²) in [6.45, 7) is 36.8. The Balaban J connectivity index is 0.000000285. The van der Waals surface area contributed by atoms with Gasteiger partial charge in [0.1, 0.15) is 58.1 Å². The van der Waals surface area contributed by atoms with E-state index >= 15 is 0 Å². The summed E-state index contributed by atoms with van der Waals surface area (Å²) in [5.74, 6) is -0.666. The van der Waals surface area contributed by atoms with Gasteiger partial charge in [-0.25, -0.2) is 29.5 Å². The number of rotatable bonds is 24. The molecule has 27 heteroatoms. The van der Waals surface area contributed by atoms with Crippen molar-refractivity contribution in [2.45, 2.75) is 236 Å². The first-order valence-corrected chi connectivity index (χ1v) is 40.2. The number of carboxylic acids is 2. The smallest absolute Gasteiger partial charge is 1.00 e. The van der Waals surface area contributed by atoms with Crippen molar-refractivity contribution in [1.29, 1.82) is 10.5 Å². The van der Waals surface area contributed by atoms with Crippen molar-refractivity contribution in [2.24, 2.45) is 45.5 Å². The number of nitriles is 2. The summed E-state index contributed by atoms with van der Waals surface area (Å²) < 4.78 is 26.3. The first kappa shape index (κ1) is 87.6. The number of carbonyl (C=O) groups is 6. The molecule has 6 aromatic rings. The minimum absolute atomic E-state index is 0. The molecule has 2 saturated carbocycles. The van der Waals surface area contributed by atoms with Gasteiger partial charge in [-0.05, 0) is 223 Å². The summed E-state index contributed by atoms with van der Waals surface area (Å²) in [7, 11) is 2.92. The second-order valence-corrected chi connectivity index (χ2v) is 33.7. The number of ether oxygens (including phenoxy) is 4. The van der Waals surface area contributed by atoms with E-state index in [9.17, 15) is 39.3 Å². The van der Waals surface area contributed by atoms with Crippen LogP contribution in [0, 0.1) is 72.0 Å². The van der Waals surface area contributed by atoms with Gasteiger partial charge in [-0.3, -0.25) is 19.2 Å². The minimum Gasteiger partial charge on any atom is -1.00 e. The number of aliphatic imine (C=N–C) groups is 2. The number of amides is 2. The number of methoxy groups -OCH3 is 2. The number of anilines is 4. The zero-order chi connectivity index (χ0) is 82.7. The van der Waals surface area contributed by atoms with Gasteiger partial charge in [0.05, 0.1) is 49.8 Å². The Hall–Kier alpha value is -9.76. The average Bonchev–Trinajstić information content (AvgIpc) is 1.57. The Bertz CT molecular complexity index is 4660. The molecule has 4 aliphatic heterocycles. The van der Waals surface area contributed by atoms with E-state index in [0.29, 0.717) is 57.2 Å². The van der Waals surface area contributed by atoms with Gasteiger partial charge in [0.2, 0.25) is 11.8 Å². The Morgan fingerprint density at radius 1 is 0.557 bits per heavy atom. The third-order valence-corrected chi connectivity index (χ3v) is 23.4. The second-order valence-electron chi connectivity index (χ2n) is 33.7.